The fourth-order valence-electron chi connectivity index (χ4n) is 3.31. The summed E-state index contributed by atoms with van der Waals surface area (Å²) in [5.74, 6) is -0.0193. The number of nitrogens with zero attached hydrogens (tertiary/aromatic N) is 3. The minimum Gasteiger partial charge on any atom is -0.338 e. The summed E-state index contributed by atoms with van der Waals surface area (Å²) in [5, 5.41) is 4.40. The summed E-state index contributed by atoms with van der Waals surface area (Å²) in [6, 6.07) is 11.2. The number of amides is 1. The number of carbonyl (C=O) groups excluding carboxylic acids is 1. The van der Waals surface area contributed by atoms with Gasteiger partial charge in [-0.3, -0.25) is 9.59 Å². The summed E-state index contributed by atoms with van der Waals surface area (Å²) < 4.78 is 2.26. The Hall–Kier alpha value is -1.95. The Bertz CT molecular complexity index is 801. The molecule has 1 atom stereocenters. The SMILES string of the molecule is CCC1CCCCN1C(=O)Cn1nc(-c2ccc(Br)cc2)ccc1=O. The molecule has 3 rings (SSSR count). The van der Waals surface area contributed by atoms with Crippen LogP contribution in [0.3, 0.4) is 0 Å². The van der Waals surface area contributed by atoms with Crippen molar-refractivity contribution in [2.75, 3.05) is 6.54 Å². The smallest absolute Gasteiger partial charge is 0.267 e. The van der Waals surface area contributed by atoms with Gasteiger partial charge >= 0.3 is 0 Å². The minimum atomic E-state index is -0.251. The molecule has 1 aromatic carbocycles. The summed E-state index contributed by atoms with van der Waals surface area (Å²) in [7, 11) is 0. The first-order valence-electron chi connectivity index (χ1n) is 8.72. The molecule has 1 aliphatic heterocycles. The molecule has 0 saturated carbocycles. The van der Waals surface area contributed by atoms with Crippen molar-refractivity contribution in [1.82, 2.24) is 14.7 Å². The quantitative estimate of drug-likeness (QED) is 0.784. The topological polar surface area (TPSA) is 55.2 Å². The van der Waals surface area contributed by atoms with E-state index in [9.17, 15) is 9.59 Å². The molecule has 2 heterocycles. The van der Waals surface area contributed by atoms with Crippen LogP contribution >= 0.6 is 15.9 Å². The zero-order valence-corrected chi connectivity index (χ0v) is 15.9. The van der Waals surface area contributed by atoms with Crippen molar-refractivity contribution in [3.05, 3.63) is 51.2 Å². The zero-order chi connectivity index (χ0) is 17.8. The monoisotopic (exact) mass is 403 g/mol. The molecule has 0 spiro atoms. The van der Waals surface area contributed by atoms with Crippen molar-refractivity contribution in [2.24, 2.45) is 0 Å². The lowest BCUT2D eigenvalue weighted by Gasteiger charge is -2.35. The van der Waals surface area contributed by atoms with E-state index in [0.29, 0.717) is 5.69 Å². The number of hydrogen-bond donors (Lipinski definition) is 0. The van der Waals surface area contributed by atoms with E-state index in [1.54, 1.807) is 6.07 Å². The first-order chi connectivity index (χ1) is 12.1. The number of benzene rings is 1. The molecule has 0 bridgehead atoms. The molecule has 0 aliphatic carbocycles. The number of likely N-dealkylation sites (tertiary alicyclic amines) is 1. The number of aromatic nitrogens is 2. The van der Waals surface area contributed by atoms with Crippen LogP contribution in [0.4, 0.5) is 0 Å². The molecule has 2 aromatic rings. The van der Waals surface area contributed by atoms with Crippen molar-refractivity contribution in [3.63, 3.8) is 0 Å². The van der Waals surface area contributed by atoms with Crippen molar-refractivity contribution in [3.8, 4) is 11.3 Å². The molecule has 1 aromatic heterocycles. The highest BCUT2D eigenvalue weighted by Crippen LogP contribution is 2.21. The van der Waals surface area contributed by atoms with Gasteiger partial charge in [0.05, 0.1) is 5.69 Å². The van der Waals surface area contributed by atoms with Crippen molar-refractivity contribution < 1.29 is 4.79 Å². The first kappa shape index (κ1) is 17.9. The van der Waals surface area contributed by atoms with Gasteiger partial charge in [-0.25, -0.2) is 4.68 Å². The second-order valence-corrected chi connectivity index (χ2v) is 7.28. The molecule has 1 saturated heterocycles. The molecule has 0 radical (unpaired) electrons. The van der Waals surface area contributed by atoms with Gasteiger partial charge in [0.25, 0.3) is 5.56 Å². The first-order valence-corrected chi connectivity index (χ1v) is 9.51. The van der Waals surface area contributed by atoms with Crippen molar-refractivity contribution in [2.45, 2.75) is 45.2 Å². The summed E-state index contributed by atoms with van der Waals surface area (Å²) >= 11 is 3.41. The highest BCUT2D eigenvalue weighted by molar-refractivity contribution is 9.10. The average Bonchev–Trinajstić information content (AvgIpc) is 2.64. The number of hydrogen-bond acceptors (Lipinski definition) is 3. The summed E-state index contributed by atoms with van der Waals surface area (Å²) in [4.78, 5) is 26.8. The fourth-order valence-corrected chi connectivity index (χ4v) is 3.57. The van der Waals surface area contributed by atoms with E-state index < -0.39 is 0 Å². The summed E-state index contributed by atoms with van der Waals surface area (Å²) in [5.41, 5.74) is 1.35. The predicted octanol–water partition coefficient (Wildman–Crippen LogP) is 3.46. The molecular formula is C19H22BrN3O2. The van der Waals surface area contributed by atoms with Crippen LogP contribution in [0.1, 0.15) is 32.6 Å². The van der Waals surface area contributed by atoms with Gasteiger partial charge in [0, 0.05) is 28.7 Å². The highest BCUT2D eigenvalue weighted by Gasteiger charge is 2.25. The molecule has 0 N–H and O–H groups in total. The third-order valence-corrected chi connectivity index (χ3v) is 5.24. The van der Waals surface area contributed by atoms with E-state index in [0.717, 1.165) is 35.8 Å². The third kappa shape index (κ3) is 4.18. The van der Waals surface area contributed by atoms with Gasteiger partial charge in [0.15, 0.2) is 0 Å². The van der Waals surface area contributed by atoms with E-state index in [-0.39, 0.29) is 24.1 Å². The van der Waals surface area contributed by atoms with Gasteiger partial charge in [0.1, 0.15) is 6.54 Å². The van der Waals surface area contributed by atoms with Gasteiger partial charge in [-0.05, 0) is 43.9 Å². The molecule has 132 valence electrons. The Morgan fingerprint density at radius 2 is 1.96 bits per heavy atom. The molecule has 1 amide bonds. The second kappa shape index (κ2) is 7.95. The van der Waals surface area contributed by atoms with E-state index in [1.807, 2.05) is 29.2 Å². The number of halogens is 1. The maximum absolute atomic E-state index is 12.7. The van der Waals surface area contributed by atoms with Crippen LogP contribution in [0.25, 0.3) is 11.3 Å². The van der Waals surface area contributed by atoms with E-state index >= 15 is 0 Å². The van der Waals surface area contributed by atoms with Crippen LogP contribution < -0.4 is 5.56 Å². The number of carbonyl (C=O) groups is 1. The fraction of sp³-hybridized carbons (Fsp3) is 0.421. The maximum atomic E-state index is 12.7. The van der Waals surface area contributed by atoms with Crippen LogP contribution in [-0.2, 0) is 11.3 Å². The van der Waals surface area contributed by atoms with Gasteiger partial charge in [-0.2, -0.15) is 5.10 Å². The van der Waals surface area contributed by atoms with Gasteiger partial charge < -0.3 is 4.90 Å². The van der Waals surface area contributed by atoms with E-state index in [2.05, 4.69) is 28.0 Å². The lowest BCUT2D eigenvalue weighted by Crippen LogP contribution is -2.46. The van der Waals surface area contributed by atoms with Crippen LogP contribution in [0.5, 0.6) is 0 Å². The van der Waals surface area contributed by atoms with Crippen LogP contribution in [0.15, 0.2) is 45.7 Å². The third-order valence-electron chi connectivity index (χ3n) is 4.71. The summed E-state index contributed by atoms with van der Waals surface area (Å²) in [6.45, 7) is 2.88. The molecule has 1 aliphatic rings. The molecule has 5 nitrogen and oxygen atoms in total. The normalized spacial score (nSPS) is 17.5. The molecule has 25 heavy (non-hydrogen) atoms. The number of piperidine rings is 1. The van der Waals surface area contributed by atoms with Crippen molar-refractivity contribution >= 4 is 21.8 Å². The van der Waals surface area contributed by atoms with E-state index in [4.69, 9.17) is 0 Å². The molecular weight excluding hydrogens is 382 g/mol. The molecule has 1 unspecified atom stereocenters. The molecule has 1 fully saturated rings. The summed E-state index contributed by atoms with van der Waals surface area (Å²) in [6.07, 6.45) is 4.19. The minimum absolute atomic E-state index is 0.000296. The van der Waals surface area contributed by atoms with Crippen LogP contribution in [0, 0.1) is 0 Å². The Labute approximate surface area is 155 Å². The van der Waals surface area contributed by atoms with Crippen LogP contribution in [0.2, 0.25) is 0 Å². The Kier molecular flexibility index (Phi) is 5.68. The Balaban J connectivity index is 1.82. The lowest BCUT2D eigenvalue weighted by molar-refractivity contribution is -0.135. The zero-order valence-electron chi connectivity index (χ0n) is 14.3. The lowest BCUT2D eigenvalue weighted by atomic mass is 10.00. The predicted molar refractivity (Wildman–Crippen MR) is 101 cm³/mol. The highest BCUT2D eigenvalue weighted by atomic mass is 79.9. The van der Waals surface area contributed by atoms with E-state index in [1.165, 1.54) is 17.2 Å². The second-order valence-electron chi connectivity index (χ2n) is 6.37. The van der Waals surface area contributed by atoms with Gasteiger partial charge in [-0.1, -0.05) is 35.0 Å². The largest absolute Gasteiger partial charge is 0.338 e. The van der Waals surface area contributed by atoms with Gasteiger partial charge in [0.2, 0.25) is 5.91 Å². The van der Waals surface area contributed by atoms with Gasteiger partial charge in [-0.15, -0.1) is 0 Å². The van der Waals surface area contributed by atoms with Crippen LogP contribution in [-0.4, -0.2) is 33.2 Å². The Morgan fingerprint density at radius 1 is 1.20 bits per heavy atom. The number of rotatable bonds is 4. The average molecular weight is 404 g/mol. The standard InChI is InChI=1S/C19H22BrN3O2/c1-2-16-5-3-4-12-22(16)19(25)13-23-18(24)11-10-17(21-23)14-6-8-15(20)9-7-14/h6-11,16H,2-5,12-13H2,1H3. The Morgan fingerprint density at radius 3 is 2.68 bits per heavy atom. The van der Waals surface area contributed by atoms with Crippen molar-refractivity contribution in [1.29, 1.82) is 0 Å². The molecule has 6 heteroatoms. The maximum Gasteiger partial charge on any atom is 0.267 e.